The Morgan fingerprint density at radius 3 is 2.62 bits per heavy atom. The van der Waals surface area contributed by atoms with Crippen LogP contribution in [0.3, 0.4) is 0 Å². The molecule has 0 atom stereocenters. The molecule has 1 spiro atoms. The van der Waals surface area contributed by atoms with Crippen LogP contribution in [-0.4, -0.2) is 31.9 Å². The predicted molar refractivity (Wildman–Crippen MR) is 81.3 cm³/mol. The van der Waals surface area contributed by atoms with Crippen molar-refractivity contribution in [1.82, 2.24) is 19.8 Å². The number of rotatable bonds is 3. The fourth-order valence-corrected chi connectivity index (χ4v) is 3.70. The van der Waals surface area contributed by atoms with E-state index in [0.29, 0.717) is 18.4 Å². The minimum atomic E-state index is -2.80. The van der Waals surface area contributed by atoms with Gasteiger partial charge in [-0.25, -0.2) is 9.78 Å². The van der Waals surface area contributed by atoms with Crippen molar-refractivity contribution in [1.29, 1.82) is 0 Å². The Kier molecular flexibility index (Phi) is 3.29. The third-order valence-corrected chi connectivity index (χ3v) is 4.87. The normalized spacial score (nSPS) is 19.9. The number of nitrogens with one attached hydrogen (secondary N) is 1. The zero-order chi connectivity index (χ0) is 16.9. The topological polar surface area (TPSA) is 67.2 Å². The van der Waals surface area contributed by atoms with Crippen molar-refractivity contribution in [3.8, 4) is 0 Å². The van der Waals surface area contributed by atoms with Gasteiger partial charge in [-0.15, -0.1) is 0 Å². The summed E-state index contributed by atoms with van der Waals surface area (Å²) in [7, 11) is 0. The smallest absolute Gasteiger partial charge is 0.323 e. The van der Waals surface area contributed by atoms with Crippen molar-refractivity contribution in [3.05, 3.63) is 30.1 Å². The molecule has 3 amide bonds. The first kappa shape index (κ1) is 15.0. The lowest BCUT2D eigenvalue weighted by Gasteiger charge is -2.20. The maximum Gasteiger partial charge on any atom is 0.325 e. The molecule has 24 heavy (non-hydrogen) atoms. The van der Waals surface area contributed by atoms with Crippen LogP contribution in [0.5, 0.6) is 0 Å². The largest absolute Gasteiger partial charge is 0.325 e. The van der Waals surface area contributed by atoms with Gasteiger partial charge < -0.3 is 5.32 Å². The molecule has 1 aliphatic heterocycles. The number of alkyl halides is 2. The predicted octanol–water partition coefficient (Wildman–Crippen LogP) is 2.80. The molecular formula is C16H16F2N4O2. The second kappa shape index (κ2) is 5.25. The number of imide groups is 1. The molecule has 8 heteroatoms. The summed E-state index contributed by atoms with van der Waals surface area (Å²) < 4.78 is 27.7. The Balaban J connectivity index is 1.71. The van der Waals surface area contributed by atoms with E-state index in [-0.39, 0.29) is 23.8 Å². The van der Waals surface area contributed by atoms with Crippen LogP contribution in [-0.2, 0) is 11.3 Å². The van der Waals surface area contributed by atoms with Crippen molar-refractivity contribution in [3.63, 3.8) is 0 Å². The lowest BCUT2D eigenvalue weighted by molar-refractivity contribution is -0.131. The van der Waals surface area contributed by atoms with Crippen LogP contribution in [0.2, 0.25) is 0 Å². The lowest BCUT2D eigenvalue weighted by Crippen LogP contribution is -2.44. The molecule has 1 N–H and O–H groups in total. The van der Waals surface area contributed by atoms with E-state index >= 15 is 0 Å². The minimum Gasteiger partial charge on any atom is -0.323 e. The zero-order valence-corrected chi connectivity index (χ0v) is 12.8. The first-order valence-corrected chi connectivity index (χ1v) is 7.90. The number of benzene rings is 1. The summed E-state index contributed by atoms with van der Waals surface area (Å²) in [6, 6.07) is 5.99. The molecule has 0 radical (unpaired) electrons. The number of para-hydroxylation sites is 2. The van der Waals surface area contributed by atoms with E-state index in [0.717, 1.165) is 22.3 Å². The molecule has 6 nitrogen and oxygen atoms in total. The molecule has 126 valence electrons. The average Bonchev–Trinajstić information content (AvgIpc) is 3.21. The number of aromatic nitrogens is 2. The monoisotopic (exact) mass is 334 g/mol. The molecule has 4 rings (SSSR count). The van der Waals surface area contributed by atoms with Gasteiger partial charge in [0.25, 0.3) is 5.91 Å². The first-order valence-electron chi connectivity index (χ1n) is 7.90. The molecule has 2 aliphatic rings. The van der Waals surface area contributed by atoms with Gasteiger partial charge >= 0.3 is 12.6 Å². The number of amides is 3. The van der Waals surface area contributed by atoms with E-state index in [9.17, 15) is 18.4 Å². The standard InChI is InChI=1S/C16H16F2N4O2/c17-14(18)22-11-6-2-1-5-10(11)19-12(22)9-21-13(23)16(20-15(21)24)7-3-4-8-16/h1-2,5-6,14H,3-4,7-9H2,(H,20,24). The number of carbonyl (C=O) groups excluding carboxylic acids is 2. The summed E-state index contributed by atoms with van der Waals surface area (Å²) in [5.41, 5.74) is -0.153. The number of halogens is 2. The average molecular weight is 334 g/mol. The SMILES string of the molecule is O=C1NC2(CCCC2)C(=O)N1Cc1nc2ccccc2n1C(F)F. The van der Waals surface area contributed by atoms with Gasteiger partial charge in [0.15, 0.2) is 0 Å². The van der Waals surface area contributed by atoms with Crippen molar-refractivity contribution < 1.29 is 18.4 Å². The van der Waals surface area contributed by atoms with Gasteiger partial charge in [-0.05, 0) is 25.0 Å². The Morgan fingerprint density at radius 2 is 1.92 bits per heavy atom. The van der Waals surface area contributed by atoms with Crippen molar-refractivity contribution in [2.75, 3.05) is 0 Å². The number of fused-ring (bicyclic) bond motifs is 1. The minimum absolute atomic E-state index is 0.00440. The highest BCUT2D eigenvalue weighted by molar-refractivity contribution is 6.07. The van der Waals surface area contributed by atoms with E-state index in [1.165, 1.54) is 0 Å². The number of hydrogen-bond acceptors (Lipinski definition) is 3. The third-order valence-electron chi connectivity index (χ3n) is 4.87. The van der Waals surface area contributed by atoms with Gasteiger partial charge in [-0.3, -0.25) is 14.3 Å². The van der Waals surface area contributed by atoms with Crippen molar-refractivity contribution in [2.45, 2.75) is 44.3 Å². The number of nitrogens with zero attached hydrogens (tertiary/aromatic N) is 3. The molecular weight excluding hydrogens is 318 g/mol. The molecule has 1 saturated carbocycles. The van der Waals surface area contributed by atoms with E-state index < -0.39 is 18.1 Å². The van der Waals surface area contributed by atoms with Gasteiger partial charge in [0.2, 0.25) is 0 Å². The van der Waals surface area contributed by atoms with E-state index in [2.05, 4.69) is 10.3 Å². The second-order valence-electron chi connectivity index (χ2n) is 6.28. The maximum atomic E-state index is 13.5. The van der Waals surface area contributed by atoms with Crippen molar-refractivity contribution in [2.24, 2.45) is 0 Å². The van der Waals surface area contributed by atoms with Crippen LogP contribution in [0.1, 0.15) is 38.1 Å². The van der Waals surface area contributed by atoms with E-state index in [1.54, 1.807) is 24.3 Å². The number of carbonyl (C=O) groups is 2. The van der Waals surface area contributed by atoms with Crippen LogP contribution in [0.15, 0.2) is 24.3 Å². The summed E-state index contributed by atoms with van der Waals surface area (Å²) in [6.45, 7) is -3.06. The van der Waals surface area contributed by atoms with Crippen molar-refractivity contribution >= 4 is 23.0 Å². The summed E-state index contributed by atoms with van der Waals surface area (Å²) in [4.78, 5) is 30.1. The highest BCUT2D eigenvalue weighted by atomic mass is 19.3. The summed E-state index contributed by atoms with van der Waals surface area (Å²) in [6.07, 6.45) is 2.93. The maximum absolute atomic E-state index is 13.5. The molecule has 1 aromatic heterocycles. The van der Waals surface area contributed by atoms with Crippen LogP contribution < -0.4 is 5.32 Å². The highest BCUT2D eigenvalue weighted by Crippen LogP contribution is 2.36. The molecule has 1 aromatic carbocycles. The Morgan fingerprint density at radius 1 is 1.21 bits per heavy atom. The molecule has 2 fully saturated rings. The molecule has 0 unspecified atom stereocenters. The molecule has 2 aromatic rings. The molecule has 0 bridgehead atoms. The Labute approximate surface area is 136 Å². The fourth-order valence-electron chi connectivity index (χ4n) is 3.70. The van der Waals surface area contributed by atoms with E-state index in [4.69, 9.17) is 0 Å². The number of imidazole rings is 1. The summed E-state index contributed by atoms with van der Waals surface area (Å²) >= 11 is 0. The summed E-state index contributed by atoms with van der Waals surface area (Å²) in [5.74, 6) is -0.331. The van der Waals surface area contributed by atoms with Crippen LogP contribution in [0.25, 0.3) is 11.0 Å². The van der Waals surface area contributed by atoms with Gasteiger partial charge in [-0.1, -0.05) is 25.0 Å². The first-order chi connectivity index (χ1) is 11.5. The fraction of sp³-hybridized carbons (Fsp3) is 0.438. The van der Waals surface area contributed by atoms with Crippen LogP contribution >= 0.6 is 0 Å². The third kappa shape index (κ3) is 2.09. The second-order valence-corrected chi connectivity index (χ2v) is 6.28. The highest BCUT2D eigenvalue weighted by Gasteiger charge is 2.52. The number of hydrogen-bond donors (Lipinski definition) is 1. The lowest BCUT2D eigenvalue weighted by atomic mass is 9.98. The van der Waals surface area contributed by atoms with E-state index in [1.807, 2.05) is 0 Å². The Bertz CT molecular complexity index is 827. The quantitative estimate of drug-likeness (QED) is 0.878. The zero-order valence-electron chi connectivity index (χ0n) is 12.8. The van der Waals surface area contributed by atoms with Gasteiger partial charge in [0.1, 0.15) is 11.4 Å². The number of urea groups is 1. The summed E-state index contributed by atoms with van der Waals surface area (Å²) in [5, 5.41) is 2.74. The van der Waals surface area contributed by atoms with Gasteiger partial charge in [0, 0.05) is 0 Å². The van der Waals surface area contributed by atoms with Crippen LogP contribution in [0.4, 0.5) is 13.6 Å². The molecule has 1 saturated heterocycles. The van der Waals surface area contributed by atoms with Gasteiger partial charge in [-0.2, -0.15) is 8.78 Å². The Hall–Kier alpha value is -2.51. The van der Waals surface area contributed by atoms with Crippen LogP contribution in [0, 0.1) is 0 Å². The van der Waals surface area contributed by atoms with Gasteiger partial charge in [0.05, 0.1) is 17.6 Å². The molecule has 1 aliphatic carbocycles. The molecule has 2 heterocycles.